The van der Waals surface area contributed by atoms with E-state index in [0.717, 1.165) is 116 Å². The van der Waals surface area contributed by atoms with Gasteiger partial charge in [-0.1, -0.05) is 49.1 Å². The second-order valence-electron chi connectivity index (χ2n) is 16.2. The van der Waals surface area contributed by atoms with Crippen LogP contribution in [0.5, 0.6) is 0 Å². The number of piperazine rings is 1. The second-order valence-corrected chi connectivity index (χ2v) is 16.6. The van der Waals surface area contributed by atoms with E-state index in [1.54, 1.807) is 0 Å². The molecule has 1 atom stereocenters. The molecule has 3 fully saturated rings. The molecular weight excluding hydrogens is 768 g/mol. The summed E-state index contributed by atoms with van der Waals surface area (Å²) in [7, 11) is 0. The molecule has 5 aromatic rings. The van der Waals surface area contributed by atoms with Gasteiger partial charge in [0.05, 0.1) is 23.2 Å². The van der Waals surface area contributed by atoms with Gasteiger partial charge in [-0.25, -0.2) is 0 Å². The Bertz CT molecular complexity index is 2510. The first-order valence-corrected chi connectivity index (χ1v) is 21.1. The molecule has 15 heteroatoms. The number of imide groups is 1. The normalized spacial score (nSPS) is 18.6. The molecule has 3 aromatic heterocycles. The zero-order chi connectivity index (χ0) is 40.7. The lowest BCUT2D eigenvalue weighted by molar-refractivity contribution is -0.135. The van der Waals surface area contributed by atoms with Crippen molar-refractivity contribution < 1.29 is 14.4 Å². The van der Waals surface area contributed by atoms with Crippen LogP contribution >= 0.6 is 11.6 Å². The number of pyridine rings is 1. The second kappa shape index (κ2) is 16.1. The van der Waals surface area contributed by atoms with E-state index in [-0.39, 0.29) is 35.8 Å². The zero-order valence-electron chi connectivity index (χ0n) is 33.1. The summed E-state index contributed by atoms with van der Waals surface area (Å²) in [6, 6.07) is 16.5. The van der Waals surface area contributed by atoms with Crippen LogP contribution in [-0.4, -0.2) is 95.1 Å². The molecule has 0 radical (unpaired) electrons. The van der Waals surface area contributed by atoms with Crippen molar-refractivity contribution in [1.29, 1.82) is 0 Å². The van der Waals surface area contributed by atoms with Crippen molar-refractivity contribution in [3.05, 3.63) is 117 Å². The Hall–Kier alpha value is -5.73. The van der Waals surface area contributed by atoms with Gasteiger partial charge in [-0.2, -0.15) is 5.10 Å². The summed E-state index contributed by atoms with van der Waals surface area (Å²) < 4.78 is 5.50. The largest absolute Gasteiger partial charge is 0.336 e. The molecule has 2 saturated heterocycles. The molecule has 1 spiro atoms. The molecule has 4 aliphatic rings. The molecule has 9 rings (SSSR count). The van der Waals surface area contributed by atoms with Gasteiger partial charge in [0.15, 0.2) is 5.82 Å². The molecular formula is C44H47ClN10O4. The summed E-state index contributed by atoms with van der Waals surface area (Å²) in [4.78, 5) is 59.4. The number of piperidine rings is 1. The zero-order valence-corrected chi connectivity index (χ0v) is 33.9. The third-order valence-electron chi connectivity index (χ3n) is 12.1. The quantitative estimate of drug-likeness (QED) is 0.129. The first kappa shape index (κ1) is 38.8. The number of aliphatic imine (C=N–C) groups is 1. The van der Waals surface area contributed by atoms with Crippen molar-refractivity contribution in [3.8, 4) is 16.8 Å². The maximum atomic E-state index is 13.3. The molecule has 304 valence electrons. The molecule has 1 unspecified atom stereocenters. The van der Waals surface area contributed by atoms with Gasteiger partial charge in [0, 0.05) is 79.3 Å². The lowest BCUT2D eigenvalue weighted by Gasteiger charge is -2.35. The average Bonchev–Trinajstić information content (AvgIpc) is 3.72. The standard InChI is InChI=1S/C44H47ClN10O4/c1-29-49-50-43-44(17-18-44)48-40(30-7-11-34(45)12-8-30)35-25-31(9-13-36(35)55(29)43)33-26-46-53(27-33)20-6-4-2-3-5-19-51-21-23-52(24-22-51)42(59)32-10-16-39(57)54(28-32)37-14-15-38(56)47-41(37)58/h7-13,16,25-28,37H,2-6,14-15,17-24H2,1H3,(H,47,56,58). The maximum Gasteiger partial charge on any atom is 0.255 e. The third kappa shape index (κ3) is 7.90. The molecule has 59 heavy (non-hydrogen) atoms. The fourth-order valence-corrected chi connectivity index (χ4v) is 8.74. The summed E-state index contributed by atoms with van der Waals surface area (Å²) in [5, 5.41) is 16.8. The SMILES string of the molecule is Cc1nnc2n1-c1ccc(-c3cnn(CCCCCCCN4CCN(C(=O)c5ccc(=O)n(C6CCC(=O)NC6=O)c5)CC4)c3)cc1C(c1ccc(Cl)cc1)=NC21CC1. The Morgan fingerprint density at radius 1 is 0.847 bits per heavy atom. The number of nitrogens with one attached hydrogen (secondary N) is 1. The van der Waals surface area contributed by atoms with Crippen LogP contribution in [-0.2, 0) is 21.7 Å². The number of hydrogen-bond acceptors (Lipinski definition) is 9. The Labute approximate surface area is 346 Å². The lowest BCUT2D eigenvalue weighted by atomic mass is 9.96. The fraction of sp³-hybridized carbons (Fsp3) is 0.409. The third-order valence-corrected chi connectivity index (χ3v) is 12.4. The summed E-state index contributed by atoms with van der Waals surface area (Å²) in [5.41, 5.74) is 5.81. The Balaban J connectivity index is 0.744. The molecule has 1 saturated carbocycles. The van der Waals surface area contributed by atoms with Crippen LogP contribution in [0.25, 0.3) is 16.8 Å². The molecule has 1 N–H and O–H groups in total. The van der Waals surface area contributed by atoms with E-state index in [2.05, 4.69) is 49.4 Å². The van der Waals surface area contributed by atoms with Crippen molar-refractivity contribution in [2.75, 3.05) is 32.7 Å². The number of rotatable bonds is 12. The highest BCUT2D eigenvalue weighted by Gasteiger charge is 2.51. The molecule has 2 aromatic carbocycles. The van der Waals surface area contributed by atoms with Crippen LogP contribution in [0.3, 0.4) is 0 Å². The van der Waals surface area contributed by atoms with E-state index in [0.29, 0.717) is 23.7 Å². The van der Waals surface area contributed by atoms with Crippen molar-refractivity contribution in [1.82, 2.24) is 44.2 Å². The smallest absolute Gasteiger partial charge is 0.255 e. The van der Waals surface area contributed by atoms with Gasteiger partial charge in [0.1, 0.15) is 17.4 Å². The van der Waals surface area contributed by atoms with Gasteiger partial charge in [0.2, 0.25) is 11.8 Å². The highest BCUT2D eigenvalue weighted by atomic mass is 35.5. The van der Waals surface area contributed by atoms with Gasteiger partial charge in [0.25, 0.3) is 11.5 Å². The van der Waals surface area contributed by atoms with Crippen molar-refractivity contribution in [2.24, 2.45) is 4.99 Å². The predicted octanol–water partition coefficient (Wildman–Crippen LogP) is 5.48. The Morgan fingerprint density at radius 2 is 1.59 bits per heavy atom. The lowest BCUT2D eigenvalue weighted by Crippen LogP contribution is -2.49. The monoisotopic (exact) mass is 814 g/mol. The number of benzene rings is 2. The highest BCUT2D eigenvalue weighted by Crippen LogP contribution is 2.52. The number of unbranched alkanes of at least 4 members (excludes halogenated alkanes) is 4. The maximum absolute atomic E-state index is 13.3. The van der Waals surface area contributed by atoms with E-state index >= 15 is 0 Å². The van der Waals surface area contributed by atoms with Crippen LogP contribution < -0.4 is 10.9 Å². The van der Waals surface area contributed by atoms with Crippen molar-refractivity contribution >= 4 is 35.0 Å². The highest BCUT2D eigenvalue weighted by molar-refractivity contribution is 6.30. The van der Waals surface area contributed by atoms with E-state index in [4.69, 9.17) is 21.7 Å². The minimum absolute atomic E-state index is 0.154. The number of aromatic nitrogens is 6. The van der Waals surface area contributed by atoms with Crippen LogP contribution in [0.2, 0.25) is 5.02 Å². The van der Waals surface area contributed by atoms with Gasteiger partial charge in [-0.05, 0) is 81.5 Å². The minimum Gasteiger partial charge on any atom is -0.336 e. The molecule has 1 aliphatic carbocycles. The number of fused-ring (bicyclic) bond motifs is 4. The Kier molecular flexibility index (Phi) is 10.6. The first-order valence-electron chi connectivity index (χ1n) is 20.7. The molecule has 3 aliphatic heterocycles. The Morgan fingerprint density at radius 3 is 2.36 bits per heavy atom. The van der Waals surface area contributed by atoms with E-state index in [1.807, 2.05) is 47.0 Å². The number of amides is 3. The van der Waals surface area contributed by atoms with Gasteiger partial charge in [-0.15, -0.1) is 10.2 Å². The number of nitrogens with zero attached hydrogens (tertiary/aromatic N) is 9. The van der Waals surface area contributed by atoms with Crippen LogP contribution in [0.4, 0.5) is 0 Å². The molecule has 6 heterocycles. The van der Waals surface area contributed by atoms with Crippen LogP contribution in [0, 0.1) is 6.92 Å². The number of carbonyl (C=O) groups excluding carboxylic acids is 3. The van der Waals surface area contributed by atoms with Crippen LogP contribution in [0.15, 0.2) is 83.0 Å². The molecule has 3 amide bonds. The van der Waals surface area contributed by atoms with E-state index < -0.39 is 11.9 Å². The predicted molar refractivity (Wildman–Crippen MR) is 223 cm³/mol. The van der Waals surface area contributed by atoms with Gasteiger partial charge in [-0.3, -0.25) is 43.6 Å². The van der Waals surface area contributed by atoms with E-state index in [9.17, 15) is 19.2 Å². The van der Waals surface area contributed by atoms with Crippen LogP contribution in [0.1, 0.15) is 97.0 Å². The minimum atomic E-state index is -0.795. The number of aryl methyl sites for hydroxylation is 2. The number of halogens is 1. The van der Waals surface area contributed by atoms with Gasteiger partial charge < -0.3 is 9.47 Å². The van der Waals surface area contributed by atoms with Gasteiger partial charge >= 0.3 is 0 Å². The first-order chi connectivity index (χ1) is 28.7. The number of carbonyl (C=O) groups is 3. The average molecular weight is 815 g/mol. The number of hydrogen-bond donors (Lipinski definition) is 1. The summed E-state index contributed by atoms with van der Waals surface area (Å²) in [6.07, 6.45) is 13.4. The van der Waals surface area contributed by atoms with E-state index in [1.165, 1.54) is 22.9 Å². The van der Waals surface area contributed by atoms with Crippen molar-refractivity contribution in [3.63, 3.8) is 0 Å². The molecule has 14 nitrogen and oxygen atoms in total. The topological polar surface area (TPSA) is 153 Å². The fourth-order valence-electron chi connectivity index (χ4n) is 8.61. The summed E-state index contributed by atoms with van der Waals surface area (Å²) in [5.74, 6) is 0.741. The van der Waals surface area contributed by atoms with Crippen molar-refractivity contribution in [2.45, 2.75) is 82.8 Å². The summed E-state index contributed by atoms with van der Waals surface area (Å²) >= 11 is 6.28. The summed E-state index contributed by atoms with van der Waals surface area (Å²) in [6.45, 7) is 6.65. The molecule has 0 bridgehead atoms.